The number of rotatable bonds is 18. The van der Waals surface area contributed by atoms with Crippen LogP contribution in [0.1, 0.15) is 31.2 Å². The van der Waals surface area contributed by atoms with Gasteiger partial charge in [-0.25, -0.2) is 4.79 Å². The number of para-hydroxylation sites is 1. The number of aliphatic carboxylic acids is 2. The lowest BCUT2D eigenvalue weighted by Crippen LogP contribution is -2.57. The van der Waals surface area contributed by atoms with Crippen molar-refractivity contribution in [2.45, 2.75) is 56.3 Å². The molecule has 4 unspecified atom stereocenters. The Morgan fingerprint density at radius 3 is 2.24 bits per heavy atom. The molecule has 4 atom stereocenters. The molecule has 16 heteroatoms. The van der Waals surface area contributed by atoms with Gasteiger partial charge < -0.3 is 48.3 Å². The Morgan fingerprint density at radius 1 is 0.952 bits per heavy atom. The molecule has 3 amide bonds. The van der Waals surface area contributed by atoms with Crippen LogP contribution in [0.4, 0.5) is 0 Å². The van der Waals surface area contributed by atoms with E-state index in [0.29, 0.717) is 5.75 Å². The number of carbonyl (C=O) groups excluding carboxylic acids is 3. The van der Waals surface area contributed by atoms with E-state index in [1.54, 1.807) is 12.5 Å². The molecule has 0 aliphatic rings. The summed E-state index contributed by atoms with van der Waals surface area (Å²) in [6.07, 6.45) is 3.22. The summed E-state index contributed by atoms with van der Waals surface area (Å²) in [5.41, 5.74) is 18.5. The molecular weight excluding hydrogens is 568 g/mol. The van der Waals surface area contributed by atoms with Crippen molar-refractivity contribution in [3.8, 4) is 0 Å². The van der Waals surface area contributed by atoms with Crippen molar-refractivity contribution in [1.29, 1.82) is 0 Å². The van der Waals surface area contributed by atoms with Crippen molar-refractivity contribution in [1.82, 2.24) is 20.9 Å². The lowest BCUT2D eigenvalue weighted by atomic mass is 10.0. The molecule has 230 valence electrons. The van der Waals surface area contributed by atoms with Crippen LogP contribution in [0.25, 0.3) is 10.9 Å². The van der Waals surface area contributed by atoms with Crippen LogP contribution in [-0.4, -0.2) is 93.5 Å². The maximum Gasteiger partial charge on any atom is 0.326 e. The Labute approximate surface area is 246 Å². The molecule has 12 N–H and O–H groups in total. The number of hydrogen-bond donors (Lipinski definition) is 9. The summed E-state index contributed by atoms with van der Waals surface area (Å²) in [6, 6.07) is 2.33. The predicted octanol–water partition coefficient (Wildman–Crippen LogP) is -1.14. The summed E-state index contributed by atoms with van der Waals surface area (Å²) >= 11 is 1.37. The number of nitrogens with two attached hydrogens (primary N) is 3. The van der Waals surface area contributed by atoms with E-state index in [4.69, 9.17) is 17.2 Å². The lowest BCUT2D eigenvalue weighted by Gasteiger charge is -2.24. The quantitative estimate of drug-likeness (QED) is 0.0556. The number of fused-ring (bicyclic) bond motifs is 1. The number of nitrogens with zero attached hydrogens (tertiary/aromatic N) is 1. The number of thioether (sulfide) groups is 1. The van der Waals surface area contributed by atoms with Gasteiger partial charge in [0.15, 0.2) is 5.96 Å². The Kier molecular flexibility index (Phi) is 13.6. The summed E-state index contributed by atoms with van der Waals surface area (Å²) in [5, 5.41) is 26.8. The molecule has 2 aromatic rings. The van der Waals surface area contributed by atoms with Crippen molar-refractivity contribution >= 4 is 58.3 Å². The number of aliphatic imine (C=N–C) groups is 1. The highest BCUT2D eigenvalue weighted by molar-refractivity contribution is 7.98. The summed E-state index contributed by atoms with van der Waals surface area (Å²) in [4.78, 5) is 69.1. The van der Waals surface area contributed by atoms with Crippen LogP contribution in [0.15, 0.2) is 35.5 Å². The van der Waals surface area contributed by atoms with Gasteiger partial charge in [-0.3, -0.25) is 24.2 Å². The number of H-pyrrole nitrogens is 1. The summed E-state index contributed by atoms with van der Waals surface area (Å²) in [5.74, 6) is -4.92. The van der Waals surface area contributed by atoms with Gasteiger partial charge in [0, 0.05) is 23.6 Å². The molecule has 1 heterocycles. The number of carbonyl (C=O) groups is 5. The first-order chi connectivity index (χ1) is 19.9. The van der Waals surface area contributed by atoms with Crippen LogP contribution in [0.5, 0.6) is 0 Å². The first-order valence-corrected chi connectivity index (χ1v) is 14.5. The van der Waals surface area contributed by atoms with Gasteiger partial charge in [0.2, 0.25) is 17.7 Å². The molecule has 0 fully saturated rings. The van der Waals surface area contributed by atoms with Gasteiger partial charge in [-0.05, 0) is 49.3 Å². The Balaban J connectivity index is 2.17. The first kappa shape index (κ1) is 33.9. The minimum atomic E-state index is -1.61. The molecule has 15 nitrogen and oxygen atoms in total. The number of carboxylic acids is 2. The SMILES string of the molecule is CSCCC(NC(=O)C(CC(=O)O)NC(=O)C(CCCN=C(N)N)NC(=O)C(N)Cc1c[nH]c2ccccc12)C(=O)O. The number of nitrogens with one attached hydrogen (secondary N) is 4. The smallest absolute Gasteiger partial charge is 0.326 e. The Hall–Kier alpha value is -4.31. The fourth-order valence-electron chi connectivity index (χ4n) is 4.10. The number of guanidine groups is 1. The first-order valence-electron chi connectivity index (χ1n) is 13.1. The van der Waals surface area contributed by atoms with Crippen LogP contribution < -0.4 is 33.2 Å². The third-order valence-corrected chi connectivity index (χ3v) is 6.91. The van der Waals surface area contributed by atoms with E-state index in [9.17, 15) is 34.2 Å². The lowest BCUT2D eigenvalue weighted by molar-refractivity contribution is -0.143. The van der Waals surface area contributed by atoms with Crippen LogP contribution in [0.2, 0.25) is 0 Å². The van der Waals surface area contributed by atoms with Crippen molar-refractivity contribution in [3.63, 3.8) is 0 Å². The Morgan fingerprint density at radius 2 is 1.60 bits per heavy atom. The van der Waals surface area contributed by atoms with Gasteiger partial charge in [0.1, 0.15) is 18.1 Å². The Bertz CT molecular complexity index is 1280. The number of carboxylic acid groups (broad SMARTS) is 2. The minimum absolute atomic E-state index is 0.0288. The van der Waals surface area contributed by atoms with E-state index in [1.165, 1.54) is 11.8 Å². The normalized spacial score (nSPS) is 13.8. The monoisotopic (exact) mass is 606 g/mol. The van der Waals surface area contributed by atoms with E-state index in [-0.39, 0.29) is 38.2 Å². The standard InChI is InChI=1S/C26H38N8O7S/c1-42-10-8-19(25(40)41)33-24(39)20(12-21(35)36)34-23(38)18(7-4-9-30-26(28)29)32-22(37)16(27)11-14-13-31-17-6-3-2-5-15(14)17/h2-3,5-6,13,16,18-20,31H,4,7-12,27H2,1H3,(H,32,37)(H,33,39)(H,34,38)(H,35,36)(H,40,41)(H4,28,29,30). The van der Waals surface area contributed by atoms with E-state index < -0.39 is 60.2 Å². The van der Waals surface area contributed by atoms with E-state index in [2.05, 4.69) is 25.9 Å². The molecule has 2 rings (SSSR count). The van der Waals surface area contributed by atoms with Gasteiger partial charge in [-0.15, -0.1) is 0 Å². The highest BCUT2D eigenvalue weighted by Gasteiger charge is 2.31. The van der Waals surface area contributed by atoms with Crippen molar-refractivity contribution in [3.05, 3.63) is 36.0 Å². The zero-order valence-electron chi connectivity index (χ0n) is 23.2. The minimum Gasteiger partial charge on any atom is -0.481 e. The predicted molar refractivity (Wildman–Crippen MR) is 159 cm³/mol. The van der Waals surface area contributed by atoms with Gasteiger partial charge in [0.05, 0.1) is 12.5 Å². The van der Waals surface area contributed by atoms with E-state index in [0.717, 1.165) is 16.5 Å². The maximum absolute atomic E-state index is 13.3. The van der Waals surface area contributed by atoms with E-state index in [1.807, 2.05) is 24.3 Å². The maximum atomic E-state index is 13.3. The van der Waals surface area contributed by atoms with Gasteiger partial charge in [0.25, 0.3) is 0 Å². The second-order valence-corrected chi connectivity index (χ2v) is 10.5. The molecule has 0 bridgehead atoms. The summed E-state index contributed by atoms with van der Waals surface area (Å²) < 4.78 is 0. The molecule has 0 aliphatic heterocycles. The number of aromatic nitrogens is 1. The van der Waals surface area contributed by atoms with Crippen molar-refractivity contribution < 1.29 is 34.2 Å². The topological polar surface area (TPSA) is 268 Å². The van der Waals surface area contributed by atoms with Crippen molar-refractivity contribution in [2.75, 3.05) is 18.6 Å². The second-order valence-electron chi connectivity index (χ2n) is 9.52. The highest BCUT2D eigenvalue weighted by atomic mass is 32.2. The zero-order chi connectivity index (χ0) is 31.2. The van der Waals surface area contributed by atoms with E-state index >= 15 is 0 Å². The third kappa shape index (κ3) is 10.9. The fourth-order valence-corrected chi connectivity index (χ4v) is 4.57. The molecule has 0 spiro atoms. The molecule has 0 saturated carbocycles. The second kappa shape index (κ2) is 16.8. The molecule has 1 aromatic carbocycles. The van der Waals surface area contributed by atoms with Crippen LogP contribution in [0.3, 0.4) is 0 Å². The van der Waals surface area contributed by atoms with Crippen LogP contribution in [0, 0.1) is 0 Å². The molecule has 0 saturated heterocycles. The molecule has 0 radical (unpaired) electrons. The molecule has 1 aromatic heterocycles. The number of amides is 3. The van der Waals surface area contributed by atoms with Gasteiger partial charge in [-0.1, -0.05) is 18.2 Å². The van der Waals surface area contributed by atoms with Gasteiger partial charge in [-0.2, -0.15) is 11.8 Å². The molecule has 0 aliphatic carbocycles. The number of benzene rings is 1. The number of aromatic amines is 1. The molecular formula is C26H38N8O7S. The summed E-state index contributed by atoms with van der Waals surface area (Å²) in [6.45, 7) is 0.137. The largest absolute Gasteiger partial charge is 0.481 e. The van der Waals surface area contributed by atoms with Gasteiger partial charge >= 0.3 is 11.9 Å². The van der Waals surface area contributed by atoms with Crippen LogP contribution >= 0.6 is 11.8 Å². The zero-order valence-corrected chi connectivity index (χ0v) is 24.0. The highest BCUT2D eigenvalue weighted by Crippen LogP contribution is 2.19. The number of hydrogen-bond acceptors (Lipinski definition) is 8. The average molecular weight is 607 g/mol. The molecule has 42 heavy (non-hydrogen) atoms. The average Bonchev–Trinajstić information content (AvgIpc) is 3.33. The fraction of sp³-hybridized carbons (Fsp3) is 0.462. The van der Waals surface area contributed by atoms with Crippen LogP contribution in [-0.2, 0) is 30.4 Å². The van der Waals surface area contributed by atoms with Crippen molar-refractivity contribution in [2.24, 2.45) is 22.2 Å². The summed E-state index contributed by atoms with van der Waals surface area (Å²) in [7, 11) is 0. The third-order valence-electron chi connectivity index (χ3n) is 6.27.